The van der Waals surface area contributed by atoms with Crippen LogP contribution in [0, 0.1) is 5.82 Å². The first-order valence-electron chi connectivity index (χ1n) is 16.0. The van der Waals surface area contributed by atoms with Crippen LogP contribution in [-0.4, -0.2) is 74.7 Å². The van der Waals surface area contributed by atoms with Gasteiger partial charge in [-0.2, -0.15) is 0 Å². The van der Waals surface area contributed by atoms with E-state index in [1.165, 1.54) is 24.1 Å². The molecule has 4 N–H and O–H groups in total. The molecule has 2 aromatic heterocycles. The Morgan fingerprint density at radius 2 is 1.53 bits per heavy atom. The second-order valence-corrected chi connectivity index (χ2v) is 11.9. The van der Waals surface area contributed by atoms with E-state index in [4.69, 9.17) is 24.7 Å². The number of aromatic nitrogens is 4. The highest BCUT2D eigenvalue weighted by Crippen LogP contribution is 2.44. The Morgan fingerprint density at radius 1 is 0.882 bits per heavy atom. The zero-order valence-electron chi connectivity index (χ0n) is 27.6. The van der Waals surface area contributed by atoms with E-state index < -0.39 is 41.7 Å². The molecule has 0 radical (unpaired) electrons. The van der Waals surface area contributed by atoms with Crippen LogP contribution in [-0.2, 0) is 15.1 Å². The van der Waals surface area contributed by atoms with Crippen molar-refractivity contribution in [1.29, 1.82) is 0 Å². The Morgan fingerprint density at radius 3 is 2.20 bits per heavy atom. The van der Waals surface area contributed by atoms with E-state index in [1.54, 1.807) is 73.8 Å². The van der Waals surface area contributed by atoms with Gasteiger partial charge in [0.15, 0.2) is 17.7 Å². The molecule has 0 aliphatic carbocycles. The first-order chi connectivity index (χ1) is 24.7. The van der Waals surface area contributed by atoms with Gasteiger partial charge in [-0.1, -0.05) is 72.8 Å². The number of methoxy groups -OCH3 is 2. The molecule has 7 rings (SSSR count). The van der Waals surface area contributed by atoms with Crippen molar-refractivity contribution >= 4 is 22.8 Å². The van der Waals surface area contributed by atoms with Gasteiger partial charge < -0.3 is 34.9 Å². The minimum absolute atomic E-state index is 0.0420. The smallest absolute Gasteiger partial charge is 0.230 e. The van der Waals surface area contributed by atoms with Crippen LogP contribution in [0.25, 0.3) is 11.2 Å². The van der Waals surface area contributed by atoms with Crippen LogP contribution in [0.2, 0.25) is 0 Å². The number of fused-ring (bicyclic) bond motifs is 1. The number of imidazole rings is 1. The molecule has 0 spiro atoms. The average Bonchev–Trinajstić information content (AvgIpc) is 3.72. The normalized spacial score (nSPS) is 19.9. The number of aliphatic hydroxyl groups is 2. The maximum atomic E-state index is 16.2. The molecule has 0 saturated carbocycles. The summed E-state index contributed by atoms with van der Waals surface area (Å²) in [5.41, 5.74) is 6.61. The van der Waals surface area contributed by atoms with Gasteiger partial charge in [-0.3, -0.25) is 9.36 Å². The van der Waals surface area contributed by atoms with E-state index in [-0.39, 0.29) is 35.0 Å². The number of nitrogens with zero attached hydrogens (tertiary/aromatic N) is 4. The van der Waals surface area contributed by atoms with Crippen LogP contribution in [0.4, 0.5) is 10.2 Å². The number of hydrogen-bond donors (Lipinski definition) is 3. The average molecular weight is 692 g/mol. The third-order valence-corrected chi connectivity index (χ3v) is 9.00. The molecule has 1 saturated heterocycles. The Bertz CT molecular complexity index is 2170. The summed E-state index contributed by atoms with van der Waals surface area (Å²) in [5.74, 6) is -0.365. The summed E-state index contributed by atoms with van der Waals surface area (Å²) in [4.78, 5) is 26.1. The highest BCUT2D eigenvalue weighted by atomic mass is 19.1. The van der Waals surface area contributed by atoms with Crippen molar-refractivity contribution < 1.29 is 38.3 Å². The first kappa shape index (κ1) is 33.8. The van der Waals surface area contributed by atoms with Gasteiger partial charge in [0.25, 0.3) is 0 Å². The number of nitrogen functional groups attached to an aromatic ring is 1. The lowest BCUT2D eigenvalue weighted by Crippen LogP contribution is -2.40. The van der Waals surface area contributed by atoms with Crippen LogP contribution in [0.3, 0.4) is 0 Å². The third kappa shape index (κ3) is 6.06. The summed E-state index contributed by atoms with van der Waals surface area (Å²) in [5, 5.41) is 22.7. The molecule has 6 aromatic rings. The molecule has 1 unspecified atom stereocenters. The number of carbonyl (C=O) groups is 1. The van der Waals surface area contributed by atoms with Gasteiger partial charge in [0, 0.05) is 17.2 Å². The second kappa shape index (κ2) is 13.9. The molecule has 1 aliphatic heterocycles. The number of nitrogens with two attached hydrogens (primary N) is 1. The number of benzene rings is 4. The topological polar surface area (TPSA) is 164 Å². The molecule has 4 aromatic carbocycles. The van der Waals surface area contributed by atoms with Crippen molar-refractivity contribution in [2.45, 2.75) is 30.1 Å². The van der Waals surface area contributed by atoms with Crippen molar-refractivity contribution in [2.24, 2.45) is 0 Å². The Balaban J connectivity index is 1.26. The molecule has 12 nitrogen and oxygen atoms in total. The van der Waals surface area contributed by atoms with Crippen LogP contribution in [0.15, 0.2) is 109 Å². The van der Waals surface area contributed by atoms with E-state index in [1.807, 2.05) is 30.3 Å². The maximum absolute atomic E-state index is 16.2. The van der Waals surface area contributed by atoms with Gasteiger partial charge in [-0.15, -0.1) is 0 Å². The summed E-state index contributed by atoms with van der Waals surface area (Å²) < 4.78 is 41.2. The zero-order chi connectivity index (χ0) is 35.7. The van der Waals surface area contributed by atoms with E-state index in [0.29, 0.717) is 28.2 Å². The van der Waals surface area contributed by atoms with Crippen molar-refractivity contribution in [1.82, 2.24) is 19.5 Å². The zero-order valence-corrected chi connectivity index (χ0v) is 27.6. The fraction of sp³-hybridized carbons (Fsp3) is 0.211. The van der Waals surface area contributed by atoms with Gasteiger partial charge >= 0.3 is 0 Å². The maximum Gasteiger partial charge on any atom is 0.230 e. The van der Waals surface area contributed by atoms with Gasteiger partial charge in [0.1, 0.15) is 46.7 Å². The van der Waals surface area contributed by atoms with E-state index in [2.05, 4.69) is 15.0 Å². The van der Waals surface area contributed by atoms with Gasteiger partial charge in [0.05, 0.1) is 27.2 Å². The number of ether oxygens (including phenoxy) is 4. The summed E-state index contributed by atoms with van der Waals surface area (Å²) >= 11 is 0. The first-order valence-corrected chi connectivity index (χ1v) is 16.0. The van der Waals surface area contributed by atoms with Crippen molar-refractivity contribution in [3.8, 4) is 11.5 Å². The summed E-state index contributed by atoms with van der Waals surface area (Å²) in [7, 11) is 3.00. The lowest BCUT2D eigenvalue weighted by molar-refractivity contribution is -0.0948. The standard InChI is InChI=1S/C38H34FN5O7/c1-48-25-15-13-24(14-16-25)38(23-11-7-4-8-12-23,27-18-17-26(49-2)19-28(27)39)50-20-29-32(46)33(47)37(51-29)44-21-41-30-34(40)42-35(43-36(30)44)31(45)22-9-5-3-6-10-22/h3-19,21,29,32-33,37,46-47H,20H2,1-2H3,(H2,40,42,43)/t29-,32-,33-,37-,38?/m1/s1. The van der Waals surface area contributed by atoms with E-state index in [0.717, 1.165) is 0 Å². The molecule has 260 valence electrons. The molecule has 51 heavy (non-hydrogen) atoms. The van der Waals surface area contributed by atoms with Crippen molar-refractivity contribution in [3.05, 3.63) is 143 Å². The fourth-order valence-corrected chi connectivity index (χ4v) is 6.38. The predicted molar refractivity (Wildman–Crippen MR) is 184 cm³/mol. The van der Waals surface area contributed by atoms with Gasteiger partial charge in [0.2, 0.25) is 11.6 Å². The predicted octanol–water partition coefficient (Wildman–Crippen LogP) is 4.42. The number of aliphatic hydroxyl groups excluding tert-OH is 2. The number of rotatable bonds is 11. The minimum Gasteiger partial charge on any atom is -0.497 e. The second-order valence-electron chi connectivity index (χ2n) is 11.9. The molecule has 0 amide bonds. The molecule has 1 fully saturated rings. The highest BCUT2D eigenvalue weighted by Gasteiger charge is 2.47. The molecular formula is C38H34FN5O7. The Labute approximate surface area is 291 Å². The molecule has 13 heteroatoms. The lowest BCUT2D eigenvalue weighted by Gasteiger charge is -2.37. The highest BCUT2D eigenvalue weighted by molar-refractivity contribution is 6.07. The van der Waals surface area contributed by atoms with Crippen molar-refractivity contribution in [2.75, 3.05) is 26.6 Å². The number of halogens is 1. The quantitative estimate of drug-likeness (QED) is 0.130. The van der Waals surface area contributed by atoms with Crippen LogP contribution < -0.4 is 15.2 Å². The molecular weight excluding hydrogens is 657 g/mol. The molecule has 1 aliphatic rings. The largest absolute Gasteiger partial charge is 0.497 e. The number of anilines is 1. The monoisotopic (exact) mass is 691 g/mol. The molecule has 0 bridgehead atoms. The summed E-state index contributed by atoms with van der Waals surface area (Å²) in [6.45, 7) is -0.303. The molecule has 5 atom stereocenters. The van der Waals surface area contributed by atoms with Crippen LogP contribution in [0.5, 0.6) is 11.5 Å². The Hall–Kier alpha value is -5.73. The van der Waals surface area contributed by atoms with Gasteiger partial charge in [-0.05, 0) is 35.4 Å². The van der Waals surface area contributed by atoms with Crippen LogP contribution >= 0.6 is 0 Å². The summed E-state index contributed by atoms with van der Waals surface area (Å²) in [6.07, 6.45) is -3.92. The van der Waals surface area contributed by atoms with Gasteiger partial charge in [-0.25, -0.2) is 19.3 Å². The number of ketones is 1. The lowest BCUT2D eigenvalue weighted by atomic mass is 9.79. The van der Waals surface area contributed by atoms with E-state index >= 15 is 4.39 Å². The fourth-order valence-electron chi connectivity index (χ4n) is 6.38. The minimum atomic E-state index is -1.56. The van der Waals surface area contributed by atoms with Crippen LogP contribution in [0.1, 0.15) is 39.1 Å². The number of carbonyl (C=O) groups excluding carboxylic acids is 1. The number of hydrogen-bond acceptors (Lipinski definition) is 11. The third-order valence-electron chi connectivity index (χ3n) is 9.00. The molecule has 3 heterocycles. The van der Waals surface area contributed by atoms with E-state index in [9.17, 15) is 15.0 Å². The van der Waals surface area contributed by atoms with Crippen molar-refractivity contribution in [3.63, 3.8) is 0 Å². The SMILES string of the molecule is COc1ccc(C(OC[C@H]2O[C@@H](n3cnc4c(N)nc(C(=O)c5ccccc5)nc43)[C@H](O)[C@@H]2O)(c2ccccc2)c2ccc(OC)cc2F)cc1. The Kier molecular flexibility index (Phi) is 9.19. The summed E-state index contributed by atoms with van der Waals surface area (Å²) in [6, 6.07) is 29.1.